The number of rotatable bonds is 3. The van der Waals surface area contributed by atoms with Crippen LogP contribution in [0.1, 0.15) is 6.42 Å². The summed E-state index contributed by atoms with van der Waals surface area (Å²) in [6.07, 6.45) is 0.716. The van der Waals surface area contributed by atoms with Crippen LogP contribution in [0, 0.1) is 11.8 Å². The average Bonchev–Trinajstić information content (AvgIpc) is 3.49. The van der Waals surface area contributed by atoms with Gasteiger partial charge in [0.2, 0.25) is 11.8 Å². The minimum absolute atomic E-state index is 0.0985. The average molecular weight is 343 g/mol. The van der Waals surface area contributed by atoms with Gasteiger partial charge in [-0.2, -0.15) is 0 Å². The zero-order valence-electron chi connectivity index (χ0n) is 14.5. The predicted octanol–water partition coefficient (Wildman–Crippen LogP) is 0.830. The Bertz CT molecular complexity index is 622. The SMILES string of the molecule is O=C(C1CC1C(=O)N1CCN(c2ccccc2)CC1)N1CCOCC1. The van der Waals surface area contributed by atoms with Crippen molar-refractivity contribution >= 4 is 17.5 Å². The van der Waals surface area contributed by atoms with Crippen molar-refractivity contribution in [3.63, 3.8) is 0 Å². The van der Waals surface area contributed by atoms with Gasteiger partial charge < -0.3 is 19.4 Å². The summed E-state index contributed by atoms with van der Waals surface area (Å²) in [7, 11) is 0. The largest absolute Gasteiger partial charge is 0.378 e. The van der Waals surface area contributed by atoms with E-state index in [2.05, 4.69) is 17.0 Å². The molecule has 0 aromatic heterocycles. The number of amides is 2. The summed E-state index contributed by atoms with van der Waals surface area (Å²) < 4.78 is 5.29. The third-order valence-electron chi connectivity index (χ3n) is 5.46. The fourth-order valence-corrected chi connectivity index (χ4v) is 3.82. The van der Waals surface area contributed by atoms with Crippen molar-refractivity contribution in [2.45, 2.75) is 6.42 Å². The Balaban J connectivity index is 1.28. The van der Waals surface area contributed by atoms with E-state index in [1.807, 2.05) is 28.0 Å². The number of hydrogen-bond acceptors (Lipinski definition) is 4. The van der Waals surface area contributed by atoms with Crippen LogP contribution in [-0.2, 0) is 14.3 Å². The topological polar surface area (TPSA) is 53.1 Å². The highest BCUT2D eigenvalue weighted by Gasteiger charge is 2.51. The van der Waals surface area contributed by atoms with Crippen molar-refractivity contribution in [3.05, 3.63) is 30.3 Å². The van der Waals surface area contributed by atoms with Gasteiger partial charge >= 0.3 is 0 Å². The van der Waals surface area contributed by atoms with Crippen LogP contribution in [0.15, 0.2) is 30.3 Å². The summed E-state index contributed by atoms with van der Waals surface area (Å²) in [5, 5.41) is 0. The summed E-state index contributed by atoms with van der Waals surface area (Å²) in [6, 6.07) is 10.3. The van der Waals surface area contributed by atoms with E-state index in [1.165, 1.54) is 5.69 Å². The molecule has 6 heteroatoms. The van der Waals surface area contributed by atoms with E-state index < -0.39 is 0 Å². The minimum Gasteiger partial charge on any atom is -0.378 e. The number of anilines is 1. The van der Waals surface area contributed by atoms with E-state index in [9.17, 15) is 9.59 Å². The van der Waals surface area contributed by atoms with Gasteiger partial charge in [-0.15, -0.1) is 0 Å². The normalized spacial score (nSPS) is 26.5. The van der Waals surface area contributed by atoms with Gasteiger partial charge in [0.15, 0.2) is 0 Å². The zero-order chi connectivity index (χ0) is 17.2. The molecule has 1 aliphatic carbocycles. The molecule has 2 amide bonds. The van der Waals surface area contributed by atoms with Gasteiger partial charge in [0.1, 0.15) is 0 Å². The number of ether oxygens (including phenoxy) is 1. The molecule has 6 nitrogen and oxygen atoms in total. The quantitative estimate of drug-likeness (QED) is 0.816. The van der Waals surface area contributed by atoms with Crippen LogP contribution in [0.25, 0.3) is 0 Å². The number of benzene rings is 1. The molecule has 0 spiro atoms. The molecule has 2 unspecified atom stereocenters. The summed E-state index contributed by atoms with van der Waals surface area (Å²) in [5.41, 5.74) is 1.21. The molecule has 4 rings (SSSR count). The Morgan fingerprint density at radius 1 is 0.800 bits per heavy atom. The molecule has 0 bridgehead atoms. The molecule has 2 atom stereocenters. The lowest BCUT2D eigenvalue weighted by Crippen LogP contribution is -2.49. The summed E-state index contributed by atoms with van der Waals surface area (Å²) in [6.45, 7) is 5.72. The second kappa shape index (κ2) is 7.04. The van der Waals surface area contributed by atoms with Crippen LogP contribution in [-0.4, -0.2) is 74.1 Å². The molecule has 1 aromatic rings. The first-order chi connectivity index (χ1) is 12.2. The zero-order valence-corrected chi connectivity index (χ0v) is 14.5. The maximum atomic E-state index is 12.7. The maximum Gasteiger partial charge on any atom is 0.226 e. The second-order valence-corrected chi connectivity index (χ2v) is 7.03. The molecule has 1 aromatic carbocycles. The smallest absolute Gasteiger partial charge is 0.226 e. The van der Waals surface area contributed by atoms with E-state index in [4.69, 9.17) is 4.74 Å². The predicted molar refractivity (Wildman–Crippen MR) is 94.2 cm³/mol. The van der Waals surface area contributed by atoms with Crippen LogP contribution < -0.4 is 4.90 Å². The molecule has 2 aliphatic heterocycles. The van der Waals surface area contributed by atoms with Crippen LogP contribution in [0.5, 0.6) is 0 Å². The lowest BCUT2D eigenvalue weighted by Gasteiger charge is -2.36. The molecule has 3 aliphatic rings. The molecule has 0 radical (unpaired) electrons. The monoisotopic (exact) mass is 343 g/mol. The second-order valence-electron chi connectivity index (χ2n) is 7.03. The van der Waals surface area contributed by atoms with Crippen LogP contribution in [0.4, 0.5) is 5.69 Å². The molecule has 3 fully saturated rings. The molecule has 2 saturated heterocycles. The van der Waals surface area contributed by atoms with Gasteiger partial charge in [-0.1, -0.05) is 18.2 Å². The summed E-state index contributed by atoms with van der Waals surface area (Å²) in [5.74, 6) is 0.111. The number of carbonyl (C=O) groups is 2. The molecule has 0 N–H and O–H groups in total. The van der Waals surface area contributed by atoms with Crippen molar-refractivity contribution in [2.75, 3.05) is 57.4 Å². The van der Waals surface area contributed by atoms with Gasteiger partial charge in [0.05, 0.1) is 25.0 Å². The summed E-state index contributed by atoms with van der Waals surface area (Å²) >= 11 is 0. The molecule has 1 saturated carbocycles. The highest BCUT2D eigenvalue weighted by Crippen LogP contribution is 2.41. The number of piperazine rings is 1. The first-order valence-electron chi connectivity index (χ1n) is 9.19. The molecule has 2 heterocycles. The van der Waals surface area contributed by atoms with Gasteiger partial charge in [-0.05, 0) is 18.6 Å². The summed E-state index contributed by atoms with van der Waals surface area (Å²) in [4.78, 5) is 31.3. The van der Waals surface area contributed by atoms with E-state index in [0.29, 0.717) is 32.7 Å². The Kier molecular flexibility index (Phi) is 4.61. The van der Waals surface area contributed by atoms with Gasteiger partial charge in [-0.3, -0.25) is 9.59 Å². The van der Waals surface area contributed by atoms with Crippen molar-refractivity contribution in [2.24, 2.45) is 11.8 Å². The van der Waals surface area contributed by atoms with Crippen LogP contribution in [0.3, 0.4) is 0 Å². The lowest BCUT2D eigenvalue weighted by atomic mass is 10.2. The standard InChI is InChI=1S/C19H25N3O3/c23-18(16-14-17(16)19(24)22-10-12-25-13-11-22)21-8-6-20(7-9-21)15-4-2-1-3-5-15/h1-5,16-17H,6-14H2. The first-order valence-corrected chi connectivity index (χ1v) is 9.19. The number of hydrogen-bond donors (Lipinski definition) is 0. The Morgan fingerprint density at radius 3 is 1.96 bits per heavy atom. The van der Waals surface area contributed by atoms with Gasteiger partial charge in [0, 0.05) is 45.0 Å². The Hall–Kier alpha value is -2.08. The number of para-hydroxylation sites is 1. The van der Waals surface area contributed by atoms with Crippen molar-refractivity contribution in [3.8, 4) is 0 Å². The highest BCUT2D eigenvalue weighted by molar-refractivity contribution is 5.92. The number of carbonyl (C=O) groups excluding carboxylic acids is 2. The Morgan fingerprint density at radius 2 is 1.36 bits per heavy atom. The molecule has 134 valence electrons. The van der Waals surface area contributed by atoms with Gasteiger partial charge in [0.25, 0.3) is 0 Å². The Labute approximate surface area is 148 Å². The fraction of sp³-hybridized carbons (Fsp3) is 0.579. The maximum absolute atomic E-state index is 12.7. The first kappa shape index (κ1) is 16.4. The van der Waals surface area contributed by atoms with Crippen molar-refractivity contribution in [1.82, 2.24) is 9.80 Å². The van der Waals surface area contributed by atoms with E-state index in [1.54, 1.807) is 0 Å². The van der Waals surface area contributed by atoms with E-state index >= 15 is 0 Å². The third kappa shape index (κ3) is 3.49. The number of morpholine rings is 1. The van der Waals surface area contributed by atoms with Crippen LogP contribution >= 0.6 is 0 Å². The van der Waals surface area contributed by atoms with Gasteiger partial charge in [-0.25, -0.2) is 0 Å². The molecule has 25 heavy (non-hydrogen) atoms. The van der Waals surface area contributed by atoms with Crippen LogP contribution in [0.2, 0.25) is 0 Å². The minimum atomic E-state index is -0.0993. The molecular weight excluding hydrogens is 318 g/mol. The van der Waals surface area contributed by atoms with E-state index in [-0.39, 0.29) is 23.7 Å². The third-order valence-corrected chi connectivity index (χ3v) is 5.46. The van der Waals surface area contributed by atoms with Crippen molar-refractivity contribution < 1.29 is 14.3 Å². The lowest BCUT2D eigenvalue weighted by molar-refractivity contribution is -0.140. The van der Waals surface area contributed by atoms with E-state index in [0.717, 1.165) is 26.2 Å². The molecular formula is C19H25N3O3. The van der Waals surface area contributed by atoms with Crippen molar-refractivity contribution in [1.29, 1.82) is 0 Å². The highest BCUT2D eigenvalue weighted by atomic mass is 16.5. The fourth-order valence-electron chi connectivity index (χ4n) is 3.82. The number of nitrogens with zero attached hydrogens (tertiary/aromatic N) is 3.